The highest BCUT2D eigenvalue weighted by atomic mass is 16.5. The van der Waals surface area contributed by atoms with Gasteiger partial charge in [-0.15, -0.1) is 0 Å². The molecular formula is C14H17NO4. The minimum atomic E-state index is -1.07. The van der Waals surface area contributed by atoms with Crippen molar-refractivity contribution in [3.8, 4) is 5.75 Å². The third-order valence-corrected chi connectivity index (χ3v) is 2.53. The molecule has 2 N–H and O–H groups in total. The number of hydrogen-bond acceptors (Lipinski definition) is 3. The first kappa shape index (κ1) is 14.8. The van der Waals surface area contributed by atoms with Crippen molar-refractivity contribution in [3.05, 3.63) is 35.4 Å². The highest BCUT2D eigenvalue weighted by Gasteiger charge is 2.11. The first-order valence-corrected chi connectivity index (χ1v) is 5.80. The van der Waals surface area contributed by atoms with E-state index in [9.17, 15) is 9.59 Å². The summed E-state index contributed by atoms with van der Waals surface area (Å²) in [7, 11) is 1.55. The van der Waals surface area contributed by atoms with E-state index in [1.54, 1.807) is 13.2 Å². The fourth-order valence-electron chi connectivity index (χ4n) is 1.47. The van der Waals surface area contributed by atoms with Crippen molar-refractivity contribution in [3.63, 3.8) is 0 Å². The van der Waals surface area contributed by atoms with E-state index < -0.39 is 17.9 Å². The third kappa shape index (κ3) is 4.46. The standard InChI is InChI=1S/C14H17NO4/c1-9-4-6-12(19-3)11(8-9)5-7-13(16)15-10(2)14(17)18/h4-8,10H,1-3H3,(H,15,16)(H,17,18)/b7-5+/t10-/m0/s1. The summed E-state index contributed by atoms with van der Waals surface area (Å²) in [5.41, 5.74) is 1.81. The van der Waals surface area contributed by atoms with Gasteiger partial charge in [-0.25, -0.2) is 0 Å². The largest absolute Gasteiger partial charge is 0.496 e. The summed E-state index contributed by atoms with van der Waals surface area (Å²) in [5, 5.41) is 11.0. The van der Waals surface area contributed by atoms with Crippen molar-refractivity contribution in [1.29, 1.82) is 0 Å². The smallest absolute Gasteiger partial charge is 0.325 e. The second-order valence-corrected chi connectivity index (χ2v) is 4.15. The molecule has 102 valence electrons. The van der Waals surface area contributed by atoms with Crippen LogP contribution in [0.3, 0.4) is 0 Å². The molecule has 0 unspecified atom stereocenters. The van der Waals surface area contributed by atoms with Gasteiger partial charge in [0.05, 0.1) is 7.11 Å². The number of amides is 1. The lowest BCUT2D eigenvalue weighted by molar-refractivity contribution is -0.140. The molecule has 1 atom stereocenters. The fourth-order valence-corrected chi connectivity index (χ4v) is 1.47. The number of carbonyl (C=O) groups is 2. The number of aryl methyl sites for hydroxylation is 1. The van der Waals surface area contributed by atoms with Gasteiger partial charge < -0.3 is 15.2 Å². The molecule has 0 saturated heterocycles. The Morgan fingerprint density at radius 3 is 2.68 bits per heavy atom. The van der Waals surface area contributed by atoms with E-state index in [1.807, 2.05) is 25.1 Å². The molecule has 0 aliphatic heterocycles. The zero-order chi connectivity index (χ0) is 14.4. The van der Waals surface area contributed by atoms with E-state index in [0.717, 1.165) is 11.1 Å². The molecule has 0 heterocycles. The minimum absolute atomic E-state index is 0.460. The van der Waals surface area contributed by atoms with E-state index in [0.29, 0.717) is 5.75 Å². The molecule has 0 radical (unpaired) electrons. The maximum Gasteiger partial charge on any atom is 0.325 e. The van der Waals surface area contributed by atoms with Crippen LogP contribution >= 0.6 is 0 Å². The van der Waals surface area contributed by atoms with Crippen molar-refractivity contribution in [1.82, 2.24) is 5.32 Å². The van der Waals surface area contributed by atoms with Crippen molar-refractivity contribution < 1.29 is 19.4 Å². The maximum atomic E-state index is 11.5. The maximum absolute atomic E-state index is 11.5. The van der Waals surface area contributed by atoms with Crippen LogP contribution in [0.25, 0.3) is 6.08 Å². The first-order chi connectivity index (χ1) is 8.93. The van der Waals surface area contributed by atoms with E-state index in [2.05, 4.69) is 5.32 Å². The highest BCUT2D eigenvalue weighted by Crippen LogP contribution is 2.20. The molecule has 5 heteroatoms. The molecule has 0 aliphatic carbocycles. The Labute approximate surface area is 111 Å². The summed E-state index contributed by atoms with van der Waals surface area (Å²) >= 11 is 0. The van der Waals surface area contributed by atoms with Gasteiger partial charge in [0, 0.05) is 11.6 Å². The van der Waals surface area contributed by atoms with Crippen LogP contribution < -0.4 is 10.1 Å². The Kier molecular flexibility index (Phi) is 5.11. The molecule has 1 aromatic carbocycles. The Morgan fingerprint density at radius 2 is 2.11 bits per heavy atom. The quantitative estimate of drug-likeness (QED) is 0.791. The van der Waals surface area contributed by atoms with Gasteiger partial charge in [0.15, 0.2) is 0 Å². The van der Waals surface area contributed by atoms with Crippen LogP contribution in [0.15, 0.2) is 24.3 Å². The van der Waals surface area contributed by atoms with Crippen molar-refractivity contribution in [2.75, 3.05) is 7.11 Å². The molecule has 1 aromatic rings. The second-order valence-electron chi connectivity index (χ2n) is 4.15. The predicted molar refractivity (Wildman–Crippen MR) is 72.0 cm³/mol. The van der Waals surface area contributed by atoms with Crippen molar-refractivity contribution in [2.24, 2.45) is 0 Å². The Hall–Kier alpha value is -2.30. The minimum Gasteiger partial charge on any atom is -0.496 e. The summed E-state index contributed by atoms with van der Waals surface area (Å²) in [4.78, 5) is 22.1. The van der Waals surface area contributed by atoms with Crippen LogP contribution in [0.2, 0.25) is 0 Å². The fraction of sp³-hybridized carbons (Fsp3) is 0.286. The van der Waals surface area contributed by atoms with Crippen LogP contribution in [0.5, 0.6) is 5.75 Å². The molecule has 1 rings (SSSR count). The van der Waals surface area contributed by atoms with Gasteiger partial charge in [0.25, 0.3) is 0 Å². The molecule has 0 saturated carbocycles. The van der Waals surface area contributed by atoms with Gasteiger partial charge in [-0.1, -0.05) is 11.6 Å². The van der Waals surface area contributed by atoms with Crippen LogP contribution in [-0.4, -0.2) is 30.1 Å². The SMILES string of the molecule is COc1ccc(C)cc1/C=C/C(=O)N[C@@H](C)C(=O)O. The van der Waals surface area contributed by atoms with E-state index in [1.165, 1.54) is 13.0 Å². The molecule has 1 amide bonds. The van der Waals surface area contributed by atoms with Crippen molar-refractivity contribution in [2.45, 2.75) is 19.9 Å². The first-order valence-electron chi connectivity index (χ1n) is 5.80. The molecule has 19 heavy (non-hydrogen) atoms. The number of methoxy groups -OCH3 is 1. The average Bonchev–Trinajstić information content (AvgIpc) is 2.36. The van der Waals surface area contributed by atoms with Crippen LogP contribution in [0, 0.1) is 6.92 Å². The number of aliphatic carboxylic acids is 1. The van der Waals surface area contributed by atoms with Gasteiger partial charge >= 0.3 is 5.97 Å². The third-order valence-electron chi connectivity index (χ3n) is 2.53. The van der Waals surface area contributed by atoms with E-state index in [4.69, 9.17) is 9.84 Å². The summed E-state index contributed by atoms with van der Waals surface area (Å²) in [6, 6.07) is 4.68. The average molecular weight is 263 g/mol. The van der Waals surface area contributed by atoms with Gasteiger partial charge in [0.1, 0.15) is 11.8 Å². The Morgan fingerprint density at radius 1 is 1.42 bits per heavy atom. The van der Waals surface area contributed by atoms with Crippen LogP contribution in [-0.2, 0) is 9.59 Å². The molecule has 0 spiro atoms. The number of benzene rings is 1. The summed E-state index contributed by atoms with van der Waals surface area (Å²) < 4.78 is 5.17. The number of carbonyl (C=O) groups excluding carboxylic acids is 1. The number of carboxylic acids is 1. The zero-order valence-electron chi connectivity index (χ0n) is 11.1. The van der Waals surface area contributed by atoms with Crippen LogP contribution in [0.1, 0.15) is 18.1 Å². The summed E-state index contributed by atoms with van der Waals surface area (Å²) in [6.45, 7) is 3.34. The van der Waals surface area contributed by atoms with Gasteiger partial charge in [-0.2, -0.15) is 0 Å². The van der Waals surface area contributed by atoms with E-state index >= 15 is 0 Å². The predicted octanol–water partition coefficient (Wildman–Crippen LogP) is 1.61. The number of carboxylic acid groups (broad SMARTS) is 1. The topological polar surface area (TPSA) is 75.6 Å². The summed E-state index contributed by atoms with van der Waals surface area (Å²) in [5.74, 6) is -0.880. The van der Waals surface area contributed by atoms with Crippen molar-refractivity contribution >= 4 is 18.0 Å². The van der Waals surface area contributed by atoms with Crippen LogP contribution in [0.4, 0.5) is 0 Å². The normalized spacial score (nSPS) is 12.2. The number of rotatable bonds is 5. The molecule has 0 aliphatic rings. The molecule has 0 aromatic heterocycles. The van der Waals surface area contributed by atoms with Gasteiger partial charge in [-0.05, 0) is 32.1 Å². The lowest BCUT2D eigenvalue weighted by Crippen LogP contribution is -2.37. The monoisotopic (exact) mass is 263 g/mol. The zero-order valence-corrected chi connectivity index (χ0v) is 11.1. The molecule has 5 nitrogen and oxygen atoms in total. The molecule has 0 fully saturated rings. The van der Waals surface area contributed by atoms with E-state index in [-0.39, 0.29) is 0 Å². The highest BCUT2D eigenvalue weighted by molar-refractivity contribution is 5.94. The lowest BCUT2D eigenvalue weighted by Gasteiger charge is -2.07. The number of hydrogen-bond donors (Lipinski definition) is 2. The number of nitrogens with one attached hydrogen (secondary N) is 1. The summed E-state index contributed by atoms with van der Waals surface area (Å²) in [6.07, 6.45) is 2.88. The lowest BCUT2D eigenvalue weighted by atomic mass is 10.1. The second kappa shape index (κ2) is 6.58. The van der Waals surface area contributed by atoms with Gasteiger partial charge in [-0.3, -0.25) is 9.59 Å². The Balaban J connectivity index is 2.78. The number of ether oxygens (including phenoxy) is 1. The molecular weight excluding hydrogens is 246 g/mol. The van der Waals surface area contributed by atoms with Gasteiger partial charge in [0.2, 0.25) is 5.91 Å². The Bertz CT molecular complexity index is 508. The molecule has 0 bridgehead atoms.